The van der Waals surface area contributed by atoms with Crippen molar-refractivity contribution in [1.29, 1.82) is 0 Å². The quantitative estimate of drug-likeness (QED) is 0.405. The summed E-state index contributed by atoms with van der Waals surface area (Å²) in [5, 5.41) is 12.0. The third-order valence-electron chi connectivity index (χ3n) is 4.22. The van der Waals surface area contributed by atoms with Crippen LogP contribution in [0.25, 0.3) is 11.4 Å². The Bertz CT molecular complexity index is 1040. The average molecular weight is 431 g/mol. The monoisotopic (exact) mass is 430 g/mol. The van der Waals surface area contributed by atoms with Crippen LogP contribution in [-0.2, 0) is 11.3 Å². The van der Waals surface area contributed by atoms with E-state index in [2.05, 4.69) is 22.1 Å². The molecule has 5 nitrogen and oxygen atoms in total. The molecule has 0 aliphatic rings. The zero-order valence-corrected chi connectivity index (χ0v) is 17.6. The summed E-state index contributed by atoms with van der Waals surface area (Å²) in [5.74, 6) is 0.0539. The van der Waals surface area contributed by atoms with E-state index in [1.54, 1.807) is 44.2 Å². The van der Waals surface area contributed by atoms with Gasteiger partial charge in [-0.15, -0.1) is 16.8 Å². The molecule has 1 aromatic heterocycles. The van der Waals surface area contributed by atoms with Gasteiger partial charge in [0.15, 0.2) is 11.0 Å². The standard InChI is InChI=1S/C21H20ClFN4OS/c1-4-11-27-19(15-6-8-16(22)9-7-15)25-26-21(27)29-14(3)20(28)24-17-10-5-13(2)18(23)12-17/h4-10,12,14H,1,11H2,2-3H3,(H,24,28). The van der Waals surface area contributed by atoms with Gasteiger partial charge in [-0.3, -0.25) is 9.36 Å². The smallest absolute Gasteiger partial charge is 0.237 e. The molecule has 0 fully saturated rings. The summed E-state index contributed by atoms with van der Waals surface area (Å²) in [6.07, 6.45) is 1.74. The molecule has 1 atom stereocenters. The minimum atomic E-state index is -0.467. The molecule has 1 unspecified atom stereocenters. The highest BCUT2D eigenvalue weighted by Gasteiger charge is 2.21. The lowest BCUT2D eigenvalue weighted by Crippen LogP contribution is -2.23. The van der Waals surface area contributed by atoms with Gasteiger partial charge in [-0.25, -0.2) is 4.39 Å². The highest BCUT2D eigenvalue weighted by molar-refractivity contribution is 8.00. The normalized spacial score (nSPS) is 11.9. The number of aromatic nitrogens is 3. The fourth-order valence-electron chi connectivity index (χ4n) is 2.61. The number of rotatable bonds is 7. The lowest BCUT2D eigenvalue weighted by molar-refractivity contribution is -0.115. The first-order valence-electron chi connectivity index (χ1n) is 8.92. The van der Waals surface area contributed by atoms with Crippen LogP contribution < -0.4 is 5.32 Å². The predicted molar refractivity (Wildman–Crippen MR) is 116 cm³/mol. The number of hydrogen-bond donors (Lipinski definition) is 1. The van der Waals surface area contributed by atoms with Crippen LogP contribution in [0.4, 0.5) is 10.1 Å². The molecule has 0 bridgehead atoms. The number of nitrogens with one attached hydrogen (secondary N) is 1. The number of anilines is 1. The van der Waals surface area contributed by atoms with Gasteiger partial charge in [-0.2, -0.15) is 0 Å². The van der Waals surface area contributed by atoms with Crippen LogP contribution in [0.5, 0.6) is 0 Å². The van der Waals surface area contributed by atoms with E-state index in [0.29, 0.717) is 33.8 Å². The predicted octanol–water partition coefficient (Wildman–Crippen LogP) is 5.35. The van der Waals surface area contributed by atoms with Crippen LogP contribution in [-0.4, -0.2) is 25.9 Å². The number of benzene rings is 2. The van der Waals surface area contributed by atoms with E-state index in [1.807, 2.05) is 16.7 Å². The van der Waals surface area contributed by atoms with Gasteiger partial charge in [0.05, 0.1) is 5.25 Å². The zero-order valence-electron chi connectivity index (χ0n) is 16.0. The first kappa shape index (κ1) is 21.1. The molecule has 29 heavy (non-hydrogen) atoms. The van der Waals surface area contributed by atoms with E-state index >= 15 is 0 Å². The average Bonchev–Trinajstić information content (AvgIpc) is 3.08. The summed E-state index contributed by atoms with van der Waals surface area (Å²) in [7, 11) is 0. The molecule has 1 amide bonds. The van der Waals surface area contributed by atoms with Crippen molar-refractivity contribution in [2.75, 3.05) is 5.32 Å². The topological polar surface area (TPSA) is 59.8 Å². The summed E-state index contributed by atoms with van der Waals surface area (Å²) < 4.78 is 15.6. The molecule has 0 spiro atoms. The van der Waals surface area contributed by atoms with Crippen molar-refractivity contribution in [3.05, 3.63) is 71.5 Å². The summed E-state index contributed by atoms with van der Waals surface area (Å²) in [6, 6.07) is 11.9. The number of nitrogens with zero attached hydrogens (tertiary/aromatic N) is 3. The van der Waals surface area contributed by atoms with Crippen molar-refractivity contribution in [2.24, 2.45) is 0 Å². The Morgan fingerprint density at radius 3 is 2.69 bits per heavy atom. The van der Waals surface area contributed by atoms with Crippen molar-refractivity contribution in [3.63, 3.8) is 0 Å². The zero-order chi connectivity index (χ0) is 21.0. The fraction of sp³-hybridized carbons (Fsp3) is 0.190. The molecule has 0 radical (unpaired) electrons. The molecule has 3 aromatic rings. The van der Waals surface area contributed by atoms with Gasteiger partial charge in [0, 0.05) is 22.8 Å². The molecule has 0 aliphatic carbocycles. The Balaban J connectivity index is 1.77. The minimum absolute atomic E-state index is 0.251. The van der Waals surface area contributed by atoms with Crippen LogP contribution in [0.3, 0.4) is 0 Å². The number of hydrogen-bond acceptors (Lipinski definition) is 4. The summed E-state index contributed by atoms with van der Waals surface area (Å²) >= 11 is 7.24. The number of allylic oxidation sites excluding steroid dienone is 1. The molecule has 3 rings (SSSR count). The molecule has 0 saturated carbocycles. The number of thioether (sulfide) groups is 1. The first-order chi connectivity index (χ1) is 13.9. The lowest BCUT2D eigenvalue weighted by Gasteiger charge is -2.13. The lowest BCUT2D eigenvalue weighted by atomic mass is 10.2. The largest absolute Gasteiger partial charge is 0.325 e. The third-order valence-corrected chi connectivity index (χ3v) is 5.55. The van der Waals surface area contributed by atoms with Crippen molar-refractivity contribution < 1.29 is 9.18 Å². The minimum Gasteiger partial charge on any atom is -0.325 e. The highest BCUT2D eigenvalue weighted by atomic mass is 35.5. The number of carbonyl (C=O) groups is 1. The molecule has 2 aromatic carbocycles. The van der Waals surface area contributed by atoms with Gasteiger partial charge in [0.1, 0.15) is 5.82 Å². The Kier molecular flexibility index (Phi) is 6.71. The SMILES string of the molecule is C=CCn1c(SC(C)C(=O)Nc2ccc(C)c(F)c2)nnc1-c1ccc(Cl)cc1. The van der Waals surface area contributed by atoms with E-state index < -0.39 is 5.25 Å². The highest BCUT2D eigenvalue weighted by Crippen LogP contribution is 2.28. The van der Waals surface area contributed by atoms with Gasteiger partial charge >= 0.3 is 0 Å². The summed E-state index contributed by atoms with van der Waals surface area (Å²) in [4.78, 5) is 12.5. The number of aryl methyl sites for hydroxylation is 1. The fourth-order valence-corrected chi connectivity index (χ4v) is 3.59. The molecule has 1 N–H and O–H groups in total. The van der Waals surface area contributed by atoms with Gasteiger partial charge in [-0.05, 0) is 55.8 Å². The molecule has 0 saturated heterocycles. The molecule has 1 heterocycles. The number of carbonyl (C=O) groups excluding carboxylic acids is 1. The van der Waals surface area contributed by atoms with Gasteiger partial charge in [-0.1, -0.05) is 35.5 Å². The van der Waals surface area contributed by atoms with Crippen LogP contribution in [0, 0.1) is 12.7 Å². The van der Waals surface area contributed by atoms with E-state index in [9.17, 15) is 9.18 Å². The van der Waals surface area contributed by atoms with Crippen LogP contribution in [0.2, 0.25) is 5.02 Å². The maximum atomic E-state index is 13.7. The van der Waals surface area contributed by atoms with E-state index in [4.69, 9.17) is 11.6 Å². The van der Waals surface area contributed by atoms with Crippen LogP contribution >= 0.6 is 23.4 Å². The van der Waals surface area contributed by atoms with Crippen LogP contribution in [0.15, 0.2) is 60.3 Å². The Labute approximate surface area is 178 Å². The van der Waals surface area contributed by atoms with Crippen molar-refractivity contribution in [3.8, 4) is 11.4 Å². The maximum Gasteiger partial charge on any atom is 0.237 e. The van der Waals surface area contributed by atoms with Crippen molar-refractivity contribution in [2.45, 2.75) is 30.8 Å². The third kappa shape index (κ3) is 5.05. The summed E-state index contributed by atoms with van der Waals surface area (Å²) in [5.41, 5.74) is 1.81. The number of halogens is 2. The van der Waals surface area contributed by atoms with E-state index in [-0.39, 0.29) is 11.7 Å². The molecule has 0 aliphatic heterocycles. The maximum absolute atomic E-state index is 13.7. The Hall–Kier alpha value is -2.64. The van der Waals surface area contributed by atoms with Crippen molar-refractivity contribution in [1.82, 2.24) is 14.8 Å². The second-order valence-electron chi connectivity index (χ2n) is 6.43. The van der Waals surface area contributed by atoms with Gasteiger partial charge < -0.3 is 5.32 Å². The number of amides is 1. The summed E-state index contributed by atoms with van der Waals surface area (Å²) in [6.45, 7) is 7.71. The molecular formula is C21H20ClFN4OS. The Morgan fingerprint density at radius 2 is 2.03 bits per heavy atom. The molecule has 8 heteroatoms. The van der Waals surface area contributed by atoms with Gasteiger partial charge in [0.25, 0.3) is 0 Å². The Morgan fingerprint density at radius 1 is 1.31 bits per heavy atom. The van der Waals surface area contributed by atoms with E-state index in [0.717, 1.165) is 5.56 Å². The van der Waals surface area contributed by atoms with Crippen LogP contribution in [0.1, 0.15) is 12.5 Å². The van der Waals surface area contributed by atoms with E-state index in [1.165, 1.54) is 17.8 Å². The first-order valence-corrected chi connectivity index (χ1v) is 10.2. The second kappa shape index (κ2) is 9.24. The molecular weight excluding hydrogens is 411 g/mol. The molecule has 150 valence electrons. The van der Waals surface area contributed by atoms with Gasteiger partial charge in [0.2, 0.25) is 5.91 Å². The van der Waals surface area contributed by atoms with Crippen molar-refractivity contribution >= 4 is 35.0 Å². The second-order valence-corrected chi connectivity index (χ2v) is 8.17.